The lowest BCUT2D eigenvalue weighted by Gasteiger charge is -2.41. The average Bonchev–Trinajstić information content (AvgIpc) is 3.56. The van der Waals surface area contributed by atoms with Crippen molar-refractivity contribution in [2.45, 2.75) is 51.7 Å². The number of imide groups is 1. The van der Waals surface area contributed by atoms with Crippen LogP contribution in [0.1, 0.15) is 45.5 Å². The number of hydrogen-bond donors (Lipinski definition) is 1. The number of amides is 3. The van der Waals surface area contributed by atoms with E-state index in [2.05, 4.69) is 19.9 Å². The highest BCUT2D eigenvalue weighted by atomic mass is 16.5. The summed E-state index contributed by atoms with van der Waals surface area (Å²) >= 11 is 0. The van der Waals surface area contributed by atoms with Gasteiger partial charge in [-0.3, -0.25) is 9.69 Å². The molecule has 1 atom stereocenters. The number of carboxylic acids is 1. The van der Waals surface area contributed by atoms with Crippen LogP contribution in [-0.4, -0.2) is 73.2 Å². The predicted molar refractivity (Wildman–Crippen MR) is 171 cm³/mol. The van der Waals surface area contributed by atoms with E-state index < -0.39 is 29.0 Å². The number of rotatable bonds is 8. The van der Waals surface area contributed by atoms with Gasteiger partial charge in [-0.2, -0.15) is 4.98 Å². The molecule has 6 rings (SSSR count). The molecule has 12 nitrogen and oxygen atoms in total. The van der Waals surface area contributed by atoms with Crippen LogP contribution in [0.4, 0.5) is 16.4 Å². The number of likely N-dealkylation sites (tertiary alicyclic amines) is 1. The summed E-state index contributed by atoms with van der Waals surface area (Å²) in [6.07, 6.45) is 5.46. The standard InChI is InChI=1S/C34H37N7O5/c1-33(2,3)28(29(42)43)39-21-18-35-26(39)22-38-19-15-34(16-20-38)30(44)40(32(45)41(34)31-36-17-14-27(37-31)46-4)25-12-10-24(11-13-25)23-8-6-5-7-9-23/h5-14,17-18,21,28H,15-16,19-20,22H2,1-4H3,(H,42,43). The van der Waals surface area contributed by atoms with E-state index in [1.807, 2.05) is 63.2 Å². The number of carbonyl (C=O) groups is 3. The van der Waals surface area contributed by atoms with E-state index in [1.54, 1.807) is 35.2 Å². The lowest BCUT2D eigenvalue weighted by atomic mass is 9.85. The second-order valence-electron chi connectivity index (χ2n) is 12.7. The van der Waals surface area contributed by atoms with Gasteiger partial charge in [0, 0.05) is 37.7 Å². The lowest BCUT2D eigenvalue weighted by molar-refractivity contribution is -0.144. The van der Waals surface area contributed by atoms with Crippen LogP contribution in [0.3, 0.4) is 0 Å². The highest BCUT2D eigenvalue weighted by molar-refractivity contribution is 6.30. The number of aliphatic carboxylic acids is 1. The first-order chi connectivity index (χ1) is 22.0. The summed E-state index contributed by atoms with van der Waals surface area (Å²) < 4.78 is 7.04. The number of imidazole rings is 1. The number of hydrogen-bond acceptors (Lipinski definition) is 8. The van der Waals surface area contributed by atoms with Gasteiger partial charge in [0.15, 0.2) is 0 Å². The van der Waals surface area contributed by atoms with E-state index in [-0.39, 0.29) is 17.7 Å². The number of piperidine rings is 1. The summed E-state index contributed by atoms with van der Waals surface area (Å²) in [4.78, 5) is 58.9. The first kappa shape index (κ1) is 30.9. The molecule has 238 valence electrons. The molecule has 12 heteroatoms. The van der Waals surface area contributed by atoms with Crippen LogP contribution in [0.25, 0.3) is 11.1 Å². The van der Waals surface area contributed by atoms with Gasteiger partial charge in [-0.1, -0.05) is 63.2 Å². The number of urea groups is 1. The van der Waals surface area contributed by atoms with E-state index in [4.69, 9.17) is 4.74 Å². The van der Waals surface area contributed by atoms with Gasteiger partial charge in [0.05, 0.1) is 19.3 Å². The van der Waals surface area contributed by atoms with Gasteiger partial charge in [-0.15, -0.1) is 0 Å². The molecular formula is C34H37N7O5. The Morgan fingerprint density at radius 1 is 0.957 bits per heavy atom. The number of ether oxygens (including phenoxy) is 1. The van der Waals surface area contributed by atoms with Gasteiger partial charge in [-0.05, 0) is 41.5 Å². The zero-order valence-electron chi connectivity index (χ0n) is 26.3. The van der Waals surface area contributed by atoms with Crippen LogP contribution in [0.2, 0.25) is 0 Å². The maximum Gasteiger partial charge on any atom is 0.339 e. The largest absolute Gasteiger partial charge is 0.481 e. The molecule has 0 saturated carbocycles. The average molecular weight is 624 g/mol. The van der Waals surface area contributed by atoms with E-state index in [0.29, 0.717) is 44.0 Å². The SMILES string of the molecule is COc1ccnc(N2C(=O)N(c3ccc(-c4ccccc4)cc3)C(=O)C23CCN(Cc2nccn2C(C(=O)O)C(C)(C)C)CC3)n1. The van der Waals surface area contributed by atoms with Gasteiger partial charge < -0.3 is 14.4 Å². The Balaban J connectivity index is 1.29. The summed E-state index contributed by atoms with van der Waals surface area (Å²) in [5.41, 5.74) is 0.702. The predicted octanol–water partition coefficient (Wildman–Crippen LogP) is 5.03. The Hall–Kier alpha value is -5.10. The molecule has 0 aliphatic carbocycles. The van der Waals surface area contributed by atoms with Gasteiger partial charge >= 0.3 is 12.0 Å². The molecule has 2 aliphatic heterocycles. The molecule has 2 saturated heterocycles. The number of aromatic nitrogens is 4. The van der Waals surface area contributed by atoms with Crippen LogP contribution in [0.5, 0.6) is 5.88 Å². The third kappa shape index (κ3) is 5.49. The van der Waals surface area contributed by atoms with Gasteiger partial charge in [0.2, 0.25) is 11.8 Å². The van der Waals surface area contributed by atoms with E-state index >= 15 is 0 Å². The summed E-state index contributed by atoms with van der Waals surface area (Å²) in [7, 11) is 1.48. The highest BCUT2D eigenvalue weighted by Gasteiger charge is 2.60. The molecule has 1 unspecified atom stereocenters. The number of anilines is 2. The Bertz CT molecular complexity index is 1740. The monoisotopic (exact) mass is 623 g/mol. The molecule has 3 amide bonds. The van der Waals surface area contributed by atoms with Crippen LogP contribution >= 0.6 is 0 Å². The number of carboxylic acid groups (broad SMARTS) is 1. The first-order valence-electron chi connectivity index (χ1n) is 15.2. The lowest BCUT2D eigenvalue weighted by Crippen LogP contribution is -2.57. The second-order valence-corrected chi connectivity index (χ2v) is 12.7. The third-order valence-corrected chi connectivity index (χ3v) is 8.80. The van der Waals surface area contributed by atoms with Crippen molar-refractivity contribution in [2.75, 3.05) is 30.0 Å². The molecule has 4 heterocycles. The smallest absolute Gasteiger partial charge is 0.339 e. The minimum Gasteiger partial charge on any atom is -0.481 e. The number of carbonyl (C=O) groups excluding carboxylic acids is 2. The highest BCUT2D eigenvalue weighted by Crippen LogP contribution is 2.42. The summed E-state index contributed by atoms with van der Waals surface area (Å²) in [5.74, 6) is -0.261. The van der Waals surface area contributed by atoms with Gasteiger partial charge in [0.25, 0.3) is 5.91 Å². The molecule has 0 radical (unpaired) electrons. The molecule has 2 aromatic carbocycles. The van der Waals surface area contributed by atoms with E-state index in [9.17, 15) is 19.5 Å². The number of nitrogens with zero attached hydrogens (tertiary/aromatic N) is 7. The molecule has 2 fully saturated rings. The fraction of sp³-hybridized carbons (Fsp3) is 0.353. The number of methoxy groups -OCH3 is 1. The Morgan fingerprint density at radius 2 is 1.63 bits per heavy atom. The maximum absolute atomic E-state index is 14.4. The molecule has 1 N–H and O–H groups in total. The molecule has 0 bridgehead atoms. The molecule has 2 aromatic heterocycles. The third-order valence-electron chi connectivity index (χ3n) is 8.80. The Kier molecular flexibility index (Phi) is 8.07. The van der Waals surface area contributed by atoms with Crippen molar-refractivity contribution in [1.82, 2.24) is 24.4 Å². The second kappa shape index (κ2) is 12.0. The molecule has 2 aliphatic rings. The fourth-order valence-corrected chi connectivity index (χ4v) is 6.49. The topological polar surface area (TPSA) is 134 Å². The molecule has 46 heavy (non-hydrogen) atoms. The van der Waals surface area contributed by atoms with Crippen molar-refractivity contribution in [3.8, 4) is 17.0 Å². The van der Waals surface area contributed by atoms with Crippen molar-refractivity contribution >= 4 is 29.5 Å². The van der Waals surface area contributed by atoms with Crippen molar-refractivity contribution in [3.63, 3.8) is 0 Å². The minimum absolute atomic E-state index is 0.0968. The zero-order chi connectivity index (χ0) is 32.6. The molecular weight excluding hydrogens is 586 g/mol. The quantitative estimate of drug-likeness (QED) is 0.268. The van der Waals surface area contributed by atoms with Crippen molar-refractivity contribution < 1.29 is 24.2 Å². The van der Waals surface area contributed by atoms with E-state index in [1.165, 1.54) is 23.1 Å². The molecule has 1 spiro atoms. The first-order valence-corrected chi connectivity index (χ1v) is 15.2. The van der Waals surface area contributed by atoms with Gasteiger partial charge in [-0.25, -0.2) is 29.4 Å². The zero-order valence-corrected chi connectivity index (χ0v) is 26.3. The summed E-state index contributed by atoms with van der Waals surface area (Å²) in [6, 6.07) is 17.5. The minimum atomic E-state index is -1.22. The van der Waals surface area contributed by atoms with Crippen molar-refractivity contribution in [2.24, 2.45) is 5.41 Å². The Morgan fingerprint density at radius 3 is 2.26 bits per heavy atom. The van der Waals surface area contributed by atoms with Gasteiger partial charge in [0.1, 0.15) is 17.4 Å². The van der Waals surface area contributed by atoms with Crippen molar-refractivity contribution in [3.05, 3.63) is 85.1 Å². The summed E-state index contributed by atoms with van der Waals surface area (Å²) in [6.45, 7) is 6.98. The van der Waals surface area contributed by atoms with Crippen LogP contribution in [-0.2, 0) is 16.1 Å². The normalized spacial score (nSPS) is 17.5. The van der Waals surface area contributed by atoms with Crippen LogP contribution in [0, 0.1) is 5.41 Å². The maximum atomic E-state index is 14.4. The number of benzene rings is 2. The van der Waals surface area contributed by atoms with Crippen molar-refractivity contribution in [1.29, 1.82) is 0 Å². The summed E-state index contributed by atoms with van der Waals surface area (Å²) in [5, 5.41) is 10.0. The fourth-order valence-electron chi connectivity index (χ4n) is 6.49. The van der Waals surface area contributed by atoms with Crippen LogP contribution in [0.15, 0.2) is 79.3 Å². The van der Waals surface area contributed by atoms with Crippen LogP contribution < -0.4 is 14.5 Å². The Labute approximate surface area is 267 Å². The van der Waals surface area contributed by atoms with E-state index in [0.717, 1.165) is 11.1 Å². The molecule has 4 aromatic rings.